The van der Waals surface area contributed by atoms with E-state index in [-0.39, 0.29) is 11.9 Å². The molecule has 0 fully saturated rings. The normalized spacial score (nSPS) is 12.0. The van der Waals surface area contributed by atoms with Crippen molar-refractivity contribution in [1.82, 2.24) is 25.1 Å². The third-order valence-corrected chi connectivity index (χ3v) is 5.07. The third kappa shape index (κ3) is 4.07. The van der Waals surface area contributed by atoms with Crippen molar-refractivity contribution in [3.8, 4) is 11.4 Å². The number of benzene rings is 1. The molecule has 3 rings (SSSR count). The highest BCUT2D eigenvalue weighted by atomic mass is 35.5. The van der Waals surface area contributed by atoms with Crippen molar-refractivity contribution in [1.29, 1.82) is 0 Å². The van der Waals surface area contributed by atoms with Crippen LogP contribution in [0.1, 0.15) is 53.6 Å². The fraction of sp³-hybridized carbons (Fsp3) is 0.333. The molecule has 2 aromatic heterocycles. The molecule has 146 valence electrons. The molecule has 1 atom stereocenters. The zero-order chi connectivity index (χ0) is 20.3. The summed E-state index contributed by atoms with van der Waals surface area (Å²) in [6.45, 7) is 8.93. The molecule has 3 aromatic rings. The molecule has 0 unspecified atom stereocenters. The number of carbonyl (C=O) groups excluding carboxylic acids is 1. The summed E-state index contributed by atoms with van der Waals surface area (Å²) in [4.78, 5) is 21.4. The number of nitrogens with zero attached hydrogens (tertiary/aromatic N) is 4. The zero-order valence-corrected chi connectivity index (χ0v) is 17.3. The van der Waals surface area contributed by atoms with E-state index in [2.05, 4.69) is 27.3 Å². The highest BCUT2D eigenvalue weighted by Gasteiger charge is 2.22. The second-order valence-electron chi connectivity index (χ2n) is 6.64. The van der Waals surface area contributed by atoms with Crippen LogP contribution in [0.15, 0.2) is 36.7 Å². The number of carbonyl (C=O) groups is 1. The molecule has 7 heteroatoms. The molecule has 0 aliphatic heterocycles. The number of hydrogen-bond donors (Lipinski definition) is 1. The van der Waals surface area contributed by atoms with Crippen molar-refractivity contribution in [2.45, 2.75) is 46.7 Å². The topological polar surface area (TPSA) is 72.7 Å². The Bertz CT molecular complexity index is 964. The van der Waals surface area contributed by atoms with Gasteiger partial charge in [0.25, 0.3) is 5.91 Å². The fourth-order valence-electron chi connectivity index (χ4n) is 3.34. The van der Waals surface area contributed by atoms with Gasteiger partial charge in [-0.15, -0.1) is 0 Å². The largest absolute Gasteiger partial charge is 0.345 e. The van der Waals surface area contributed by atoms with Gasteiger partial charge in [-0.3, -0.25) is 9.48 Å². The summed E-state index contributed by atoms with van der Waals surface area (Å²) in [5.74, 6) is 0.355. The minimum atomic E-state index is -0.197. The molecule has 0 saturated carbocycles. The molecule has 6 nitrogen and oxygen atoms in total. The number of nitrogens with one attached hydrogen (secondary N) is 1. The van der Waals surface area contributed by atoms with Gasteiger partial charge in [0, 0.05) is 40.8 Å². The lowest BCUT2D eigenvalue weighted by Gasteiger charge is -2.18. The Hall–Kier alpha value is -2.73. The van der Waals surface area contributed by atoms with E-state index in [0.717, 1.165) is 35.5 Å². The third-order valence-electron chi connectivity index (χ3n) is 4.82. The van der Waals surface area contributed by atoms with Gasteiger partial charge in [0.15, 0.2) is 5.82 Å². The lowest BCUT2D eigenvalue weighted by molar-refractivity contribution is 0.0934. The van der Waals surface area contributed by atoms with Crippen LogP contribution in [0.25, 0.3) is 11.4 Å². The van der Waals surface area contributed by atoms with Crippen molar-refractivity contribution in [2.75, 3.05) is 0 Å². The molecule has 0 radical (unpaired) electrons. The standard InChI is InChI=1S/C21H24ClN5O/c1-5-18(19-13(3)26-27(6-2)14(19)4)25-21(28)16-11-23-20(24-12-16)15-7-9-17(22)10-8-15/h7-12,18H,5-6H2,1-4H3,(H,25,28)/t18-/m0/s1. The van der Waals surface area contributed by atoms with E-state index >= 15 is 0 Å². The highest BCUT2D eigenvalue weighted by Crippen LogP contribution is 2.25. The van der Waals surface area contributed by atoms with Crippen LogP contribution >= 0.6 is 11.6 Å². The van der Waals surface area contributed by atoms with Crippen LogP contribution < -0.4 is 5.32 Å². The zero-order valence-electron chi connectivity index (χ0n) is 16.5. The molecule has 2 heterocycles. The first-order valence-corrected chi connectivity index (χ1v) is 9.75. The van der Waals surface area contributed by atoms with E-state index < -0.39 is 0 Å². The van der Waals surface area contributed by atoms with E-state index in [0.29, 0.717) is 16.4 Å². The Morgan fingerprint density at radius 2 is 1.79 bits per heavy atom. The first kappa shape index (κ1) is 20.0. The Balaban J connectivity index is 1.78. The molecule has 28 heavy (non-hydrogen) atoms. The van der Waals surface area contributed by atoms with Crippen molar-refractivity contribution >= 4 is 17.5 Å². The molecule has 1 N–H and O–H groups in total. The summed E-state index contributed by atoms with van der Waals surface area (Å²) >= 11 is 5.91. The smallest absolute Gasteiger partial charge is 0.254 e. The van der Waals surface area contributed by atoms with Crippen molar-refractivity contribution in [3.05, 3.63) is 64.2 Å². The van der Waals surface area contributed by atoms with Crippen LogP contribution in [0.2, 0.25) is 5.02 Å². The van der Waals surface area contributed by atoms with E-state index in [1.54, 1.807) is 24.5 Å². The van der Waals surface area contributed by atoms with Gasteiger partial charge in [-0.2, -0.15) is 5.10 Å². The van der Waals surface area contributed by atoms with Gasteiger partial charge in [0.1, 0.15) is 0 Å². The Morgan fingerprint density at radius 3 is 2.32 bits per heavy atom. The van der Waals surface area contributed by atoms with Crippen LogP contribution in [-0.4, -0.2) is 25.7 Å². The van der Waals surface area contributed by atoms with Gasteiger partial charge in [0.2, 0.25) is 0 Å². The maximum absolute atomic E-state index is 12.7. The van der Waals surface area contributed by atoms with Crippen molar-refractivity contribution in [2.24, 2.45) is 0 Å². The van der Waals surface area contributed by atoms with Gasteiger partial charge in [0.05, 0.1) is 17.3 Å². The van der Waals surface area contributed by atoms with E-state index in [9.17, 15) is 4.79 Å². The van der Waals surface area contributed by atoms with Crippen LogP contribution in [0.3, 0.4) is 0 Å². The van der Waals surface area contributed by atoms with Gasteiger partial charge in [-0.25, -0.2) is 9.97 Å². The minimum absolute atomic E-state index is 0.108. The summed E-state index contributed by atoms with van der Waals surface area (Å²) in [5, 5.41) is 8.31. The van der Waals surface area contributed by atoms with E-state index in [1.165, 1.54) is 0 Å². The number of hydrogen-bond acceptors (Lipinski definition) is 4. The predicted octanol–water partition coefficient (Wildman–Crippen LogP) is 4.51. The number of rotatable bonds is 6. The van der Waals surface area contributed by atoms with Crippen molar-refractivity contribution in [3.63, 3.8) is 0 Å². The van der Waals surface area contributed by atoms with Crippen LogP contribution in [-0.2, 0) is 6.54 Å². The number of aromatic nitrogens is 4. The maximum Gasteiger partial charge on any atom is 0.254 e. The molecule has 1 amide bonds. The predicted molar refractivity (Wildman–Crippen MR) is 110 cm³/mol. The average Bonchev–Trinajstić information content (AvgIpc) is 3.00. The SMILES string of the molecule is CC[C@H](NC(=O)c1cnc(-c2ccc(Cl)cc2)nc1)c1c(C)nn(CC)c1C. The van der Waals surface area contributed by atoms with Gasteiger partial charge < -0.3 is 5.32 Å². The van der Waals surface area contributed by atoms with Crippen LogP contribution in [0, 0.1) is 13.8 Å². The first-order valence-electron chi connectivity index (χ1n) is 9.37. The average molecular weight is 398 g/mol. The van der Waals surface area contributed by atoms with Gasteiger partial charge in [-0.1, -0.05) is 18.5 Å². The molecular formula is C21H24ClN5O. The first-order chi connectivity index (χ1) is 13.4. The molecule has 0 aliphatic rings. The second-order valence-corrected chi connectivity index (χ2v) is 7.07. The highest BCUT2D eigenvalue weighted by molar-refractivity contribution is 6.30. The summed E-state index contributed by atoms with van der Waals surface area (Å²) in [5.41, 5.74) is 4.38. The lowest BCUT2D eigenvalue weighted by atomic mass is 10.0. The second kappa shape index (κ2) is 8.52. The molecule has 0 saturated heterocycles. The number of halogens is 1. The quantitative estimate of drug-likeness (QED) is 0.664. The molecule has 0 spiro atoms. The summed E-state index contributed by atoms with van der Waals surface area (Å²) in [6, 6.07) is 7.16. The minimum Gasteiger partial charge on any atom is -0.345 e. The fourth-order valence-corrected chi connectivity index (χ4v) is 3.46. The van der Waals surface area contributed by atoms with E-state index in [4.69, 9.17) is 11.6 Å². The summed E-state index contributed by atoms with van der Waals surface area (Å²) in [7, 11) is 0. The molecular weight excluding hydrogens is 374 g/mol. The Labute approximate surface area is 170 Å². The molecule has 0 aliphatic carbocycles. The van der Waals surface area contributed by atoms with Gasteiger partial charge in [-0.05, 0) is 51.5 Å². The summed E-state index contributed by atoms with van der Waals surface area (Å²) in [6.07, 6.45) is 3.87. The lowest BCUT2D eigenvalue weighted by Crippen LogP contribution is -2.29. The Kier molecular flexibility index (Phi) is 6.09. The van der Waals surface area contributed by atoms with Gasteiger partial charge >= 0.3 is 0 Å². The summed E-state index contributed by atoms with van der Waals surface area (Å²) < 4.78 is 1.96. The molecule has 0 bridgehead atoms. The van der Waals surface area contributed by atoms with Crippen molar-refractivity contribution < 1.29 is 4.79 Å². The monoisotopic (exact) mass is 397 g/mol. The Morgan fingerprint density at radius 1 is 1.14 bits per heavy atom. The van der Waals surface area contributed by atoms with Crippen LogP contribution in [0.4, 0.5) is 0 Å². The maximum atomic E-state index is 12.7. The van der Waals surface area contributed by atoms with E-state index in [1.807, 2.05) is 37.6 Å². The molecule has 1 aromatic carbocycles. The van der Waals surface area contributed by atoms with Crippen LogP contribution in [0.5, 0.6) is 0 Å². The number of amides is 1. The number of aryl methyl sites for hydroxylation is 2.